The maximum Gasteiger partial charge on any atom is 0.310 e. The molecule has 2 aliphatic rings. The van der Waals surface area contributed by atoms with Crippen LogP contribution in [-0.4, -0.2) is 41.5 Å². The van der Waals surface area contributed by atoms with Crippen LogP contribution in [0.2, 0.25) is 0 Å². The van der Waals surface area contributed by atoms with E-state index in [9.17, 15) is 9.59 Å². The molecule has 5 nitrogen and oxygen atoms in total. The maximum absolute atomic E-state index is 12.2. The Hall–Kier alpha value is -2.04. The lowest BCUT2D eigenvalue weighted by molar-refractivity contribution is -0.146. The number of carboxylic acids is 1. The molecule has 0 radical (unpaired) electrons. The number of fused-ring (bicyclic) bond motifs is 1. The first-order chi connectivity index (χ1) is 9.15. The summed E-state index contributed by atoms with van der Waals surface area (Å²) in [6.45, 7) is 1.62. The number of carboxylic acid groups (broad SMARTS) is 1. The molecule has 2 heterocycles. The summed E-state index contributed by atoms with van der Waals surface area (Å²) >= 11 is 0. The highest BCUT2D eigenvalue weighted by Crippen LogP contribution is 2.25. The lowest BCUT2D eigenvalue weighted by atomic mass is 9.97. The molecule has 5 heteroatoms. The number of hydrogen-bond donors (Lipinski definition) is 2. The van der Waals surface area contributed by atoms with Crippen LogP contribution >= 0.6 is 0 Å². The molecule has 0 saturated carbocycles. The molecule has 0 aromatic heterocycles. The molecule has 100 valence electrons. The van der Waals surface area contributed by atoms with Crippen LogP contribution in [0.5, 0.6) is 0 Å². The summed E-state index contributed by atoms with van der Waals surface area (Å²) < 4.78 is 0. The number of carbonyl (C=O) groups excluding carboxylic acids is 1. The molecule has 3 rings (SSSR count). The van der Waals surface area contributed by atoms with Crippen molar-refractivity contribution in [2.45, 2.75) is 12.8 Å². The Bertz CT molecular complexity index is 535. The van der Waals surface area contributed by atoms with E-state index in [2.05, 4.69) is 5.32 Å². The third-order valence-electron chi connectivity index (χ3n) is 3.81. The quantitative estimate of drug-likeness (QED) is 0.838. The van der Waals surface area contributed by atoms with Crippen molar-refractivity contribution in [1.82, 2.24) is 4.90 Å². The first kappa shape index (κ1) is 12.0. The van der Waals surface area contributed by atoms with E-state index in [-0.39, 0.29) is 5.91 Å². The van der Waals surface area contributed by atoms with Gasteiger partial charge in [-0.15, -0.1) is 0 Å². The van der Waals surface area contributed by atoms with Gasteiger partial charge in [0.15, 0.2) is 0 Å². The maximum atomic E-state index is 12.2. The number of nitrogens with one attached hydrogen (secondary N) is 1. The summed E-state index contributed by atoms with van der Waals surface area (Å²) in [7, 11) is 0. The molecule has 1 fully saturated rings. The molecule has 1 amide bonds. The summed E-state index contributed by atoms with van der Waals surface area (Å²) in [5.74, 6) is -1.28. The van der Waals surface area contributed by atoms with Crippen LogP contribution in [-0.2, 0) is 11.2 Å². The van der Waals surface area contributed by atoms with Gasteiger partial charge < -0.3 is 15.3 Å². The molecule has 0 bridgehead atoms. The van der Waals surface area contributed by atoms with E-state index in [1.165, 1.54) is 5.56 Å². The second-order valence-electron chi connectivity index (χ2n) is 5.15. The molecule has 0 aliphatic carbocycles. The van der Waals surface area contributed by atoms with E-state index in [0.29, 0.717) is 18.7 Å². The van der Waals surface area contributed by atoms with Crippen molar-refractivity contribution in [3.05, 3.63) is 29.3 Å². The molecular weight excluding hydrogens is 244 g/mol. The fourth-order valence-electron chi connectivity index (χ4n) is 2.59. The number of carbonyl (C=O) groups is 2. The Labute approximate surface area is 111 Å². The van der Waals surface area contributed by atoms with Gasteiger partial charge in [0.1, 0.15) is 0 Å². The van der Waals surface area contributed by atoms with E-state index in [0.717, 1.165) is 25.1 Å². The molecule has 2 aliphatic heterocycles. The molecule has 0 spiro atoms. The average Bonchev–Trinajstić information content (AvgIpc) is 2.35. The number of likely N-dealkylation sites (tertiary alicyclic amines) is 1. The third kappa shape index (κ3) is 2.16. The Kier molecular flexibility index (Phi) is 2.89. The van der Waals surface area contributed by atoms with E-state index in [4.69, 9.17) is 5.11 Å². The highest BCUT2D eigenvalue weighted by molar-refractivity contribution is 5.96. The summed E-state index contributed by atoms with van der Waals surface area (Å²) in [6.07, 6.45) is 2.07. The van der Waals surface area contributed by atoms with Crippen molar-refractivity contribution in [3.8, 4) is 0 Å². The average molecular weight is 260 g/mol. The molecule has 1 aromatic rings. The number of anilines is 1. The molecule has 19 heavy (non-hydrogen) atoms. The van der Waals surface area contributed by atoms with Gasteiger partial charge in [-0.05, 0) is 36.6 Å². The first-order valence-electron chi connectivity index (χ1n) is 6.54. The summed E-state index contributed by atoms with van der Waals surface area (Å²) in [5, 5.41) is 12.1. The van der Waals surface area contributed by atoms with Gasteiger partial charge in [-0.1, -0.05) is 0 Å². The minimum Gasteiger partial charge on any atom is -0.481 e. The smallest absolute Gasteiger partial charge is 0.310 e. The van der Waals surface area contributed by atoms with Gasteiger partial charge in [0, 0.05) is 30.9 Å². The van der Waals surface area contributed by atoms with Gasteiger partial charge >= 0.3 is 5.97 Å². The fraction of sp³-hybridized carbons (Fsp3) is 0.429. The summed E-state index contributed by atoms with van der Waals surface area (Å²) in [6, 6.07) is 5.68. The zero-order valence-corrected chi connectivity index (χ0v) is 10.6. The van der Waals surface area contributed by atoms with Gasteiger partial charge in [-0.3, -0.25) is 9.59 Å². The van der Waals surface area contributed by atoms with Crippen molar-refractivity contribution in [1.29, 1.82) is 0 Å². The zero-order chi connectivity index (χ0) is 13.4. The number of aliphatic carboxylic acids is 1. The van der Waals surface area contributed by atoms with Crippen LogP contribution in [0, 0.1) is 5.92 Å². The van der Waals surface area contributed by atoms with Crippen LogP contribution in [0.15, 0.2) is 18.2 Å². The second-order valence-corrected chi connectivity index (χ2v) is 5.15. The Morgan fingerprint density at radius 2 is 2.11 bits per heavy atom. The number of nitrogens with zero attached hydrogens (tertiary/aromatic N) is 1. The minimum absolute atomic E-state index is 0.0640. The largest absolute Gasteiger partial charge is 0.481 e. The topological polar surface area (TPSA) is 69.6 Å². The van der Waals surface area contributed by atoms with E-state index in [1.807, 2.05) is 18.2 Å². The Morgan fingerprint density at radius 1 is 1.32 bits per heavy atom. The van der Waals surface area contributed by atoms with E-state index >= 15 is 0 Å². The standard InChI is InChI=1S/C14H16N2O3/c17-13(16-7-11(8-16)14(18)19)10-3-4-12-9(6-10)2-1-5-15-12/h3-4,6,11,15H,1-2,5,7-8H2,(H,18,19). The number of benzene rings is 1. The lowest BCUT2D eigenvalue weighted by Crippen LogP contribution is -2.53. The highest BCUT2D eigenvalue weighted by Gasteiger charge is 2.36. The molecule has 0 atom stereocenters. The summed E-state index contributed by atoms with van der Waals surface area (Å²) in [4.78, 5) is 24.5. The molecular formula is C14H16N2O3. The predicted molar refractivity (Wildman–Crippen MR) is 70.3 cm³/mol. The Balaban J connectivity index is 1.72. The van der Waals surface area contributed by atoms with E-state index in [1.54, 1.807) is 4.90 Å². The van der Waals surface area contributed by atoms with E-state index < -0.39 is 11.9 Å². The van der Waals surface area contributed by atoms with Crippen molar-refractivity contribution < 1.29 is 14.7 Å². The Morgan fingerprint density at radius 3 is 2.84 bits per heavy atom. The normalized spacial score (nSPS) is 18.2. The SMILES string of the molecule is O=C(O)C1CN(C(=O)c2ccc3c(c2)CCCN3)C1. The van der Waals surface area contributed by atoms with Gasteiger partial charge in [0.05, 0.1) is 5.92 Å². The lowest BCUT2D eigenvalue weighted by Gasteiger charge is -2.36. The van der Waals surface area contributed by atoms with Gasteiger partial charge in [0.25, 0.3) is 5.91 Å². The highest BCUT2D eigenvalue weighted by atomic mass is 16.4. The van der Waals surface area contributed by atoms with Crippen LogP contribution in [0.3, 0.4) is 0 Å². The van der Waals surface area contributed by atoms with Crippen molar-refractivity contribution in [3.63, 3.8) is 0 Å². The van der Waals surface area contributed by atoms with Crippen LogP contribution in [0.4, 0.5) is 5.69 Å². The van der Waals surface area contributed by atoms with Crippen molar-refractivity contribution in [2.75, 3.05) is 25.0 Å². The first-order valence-corrected chi connectivity index (χ1v) is 6.54. The van der Waals surface area contributed by atoms with Crippen molar-refractivity contribution in [2.24, 2.45) is 5.92 Å². The number of rotatable bonds is 2. The van der Waals surface area contributed by atoms with Gasteiger partial charge in [-0.2, -0.15) is 0 Å². The monoisotopic (exact) mass is 260 g/mol. The fourth-order valence-corrected chi connectivity index (χ4v) is 2.59. The number of hydrogen-bond acceptors (Lipinski definition) is 3. The zero-order valence-electron chi connectivity index (χ0n) is 10.6. The number of amides is 1. The van der Waals surface area contributed by atoms with Crippen molar-refractivity contribution >= 4 is 17.6 Å². The molecule has 1 aromatic carbocycles. The van der Waals surface area contributed by atoms with Crippen LogP contribution in [0.25, 0.3) is 0 Å². The number of aryl methyl sites for hydroxylation is 1. The van der Waals surface area contributed by atoms with Crippen LogP contribution < -0.4 is 5.32 Å². The van der Waals surface area contributed by atoms with Crippen LogP contribution in [0.1, 0.15) is 22.3 Å². The molecule has 0 unspecified atom stereocenters. The minimum atomic E-state index is -0.821. The van der Waals surface area contributed by atoms with Gasteiger partial charge in [-0.25, -0.2) is 0 Å². The molecule has 1 saturated heterocycles. The molecule has 2 N–H and O–H groups in total. The summed E-state index contributed by atoms with van der Waals surface area (Å²) in [5.41, 5.74) is 2.94. The predicted octanol–water partition coefficient (Wildman–Crippen LogP) is 1.20. The second kappa shape index (κ2) is 4.57. The third-order valence-corrected chi connectivity index (χ3v) is 3.81. The van der Waals surface area contributed by atoms with Gasteiger partial charge in [0.2, 0.25) is 0 Å².